The summed E-state index contributed by atoms with van der Waals surface area (Å²) >= 11 is 0. The number of ether oxygens (including phenoxy) is 1. The van der Waals surface area contributed by atoms with Crippen molar-refractivity contribution in [2.45, 2.75) is 30.7 Å². The molecule has 1 fully saturated rings. The molecule has 10 heteroatoms. The Bertz CT molecular complexity index is 511. The molecule has 122 valence electrons. The fourth-order valence-electron chi connectivity index (χ4n) is 1.97. The average molecular weight is 337 g/mol. The molecule has 2 rings (SSSR count). The number of aromatic carboxylic acids is 1. The molecule has 0 radical (unpaired) electrons. The minimum atomic E-state index is -1.54. The minimum Gasteiger partial charge on any atom is -0.545 e. The number of carbonyl (C=O) groups excluding carboxylic acids is 1. The summed E-state index contributed by atoms with van der Waals surface area (Å²) in [6.45, 7) is -0.564. The maximum Gasteiger partial charge on any atom is 1.00 e. The van der Waals surface area contributed by atoms with Crippen LogP contribution in [-0.2, 0) is 9.57 Å². The molecule has 0 amide bonds. The number of benzene rings is 1. The number of aliphatic hydroxyl groups is 4. The van der Waals surface area contributed by atoms with Gasteiger partial charge in [0, 0.05) is 0 Å². The average Bonchev–Trinajstić information content (AvgIpc) is 2.52. The summed E-state index contributed by atoms with van der Waals surface area (Å²) in [7, 11) is 0. The van der Waals surface area contributed by atoms with Gasteiger partial charge in [-0.15, -0.1) is 0 Å². The first-order valence-corrected chi connectivity index (χ1v) is 6.47. The van der Waals surface area contributed by atoms with E-state index in [1.54, 1.807) is 0 Å². The van der Waals surface area contributed by atoms with Crippen LogP contribution in [0.25, 0.3) is 0 Å². The molecule has 1 aromatic rings. The molecule has 1 aromatic carbocycles. The van der Waals surface area contributed by atoms with Gasteiger partial charge in [0.2, 0.25) is 6.29 Å². The summed E-state index contributed by atoms with van der Waals surface area (Å²) < 4.78 is 5.12. The Balaban J connectivity index is 0.00000264. The minimum absolute atomic E-state index is 0. The Kier molecular flexibility index (Phi) is 7.87. The monoisotopic (exact) mass is 337 g/mol. The molecule has 1 aliphatic rings. The van der Waals surface area contributed by atoms with Gasteiger partial charge in [-0.05, 0) is 17.7 Å². The van der Waals surface area contributed by atoms with Crippen LogP contribution in [0.1, 0.15) is 10.4 Å². The Hall–Kier alpha value is -0.750. The normalized spacial score (nSPS) is 30.3. The Morgan fingerprint density at radius 3 is 2.30 bits per heavy atom. The SMILES string of the molecule is O=C([O-])c1ccc(NOC2O[C@H](CO)[C@@H](O)[C@H](O)[C@H]2O)cc1.[Na+]. The van der Waals surface area contributed by atoms with Crippen LogP contribution in [0.3, 0.4) is 0 Å². The molecule has 0 aromatic heterocycles. The van der Waals surface area contributed by atoms with E-state index in [-0.39, 0.29) is 35.1 Å². The van der Waals surface area contributed by atoms with Crippen LogP contribution >= 0.6 is 0 Å². The second kappa shape index (κ2) is 8.92. The third kappa shape index (κ3) is 4.86. The van der Waals surface area contributed by atoms with Gasteiger partial charge in [-0.1, -0.05) is 12.1 Å². The third-order valence-electron chi connectivity index (χ3n) is 3.26. The van der Waals surface area contributed by atoms with Crippen LogP contribution in [0.2, 0.25) is 0 Å². The number of carbonyl (C=O) groups is 1. The van der Waals surface area contributed by atoms with Gasteiger partial charge in [-0.2, -0.15) is 0 Å². The maximum atomic E-state index is 10.6. The van der Waals surface area contributed by atoms with Gasteiger partial charge in [-0.25, -0.2) is 4.84 Å². The van der Waals surface area contributed by atoms with Gasteiger partial charge < -0.3 is 35.1 Å². The molecule has 5 atom stereocenters. The maximum absolute atomic E-state index is 10.6. The van der Waals surface area contributed by atoms with Crippen molar-refractivity contribution in [1.82, 2.24) is 0 Å². The van der Waals surface area contributed by atoms with E-state index in [4.69, 9.17) is 14.7 Å². The molecule has 9 nitrogen and oxygen atoms in total. The Labute approximate surface area is 153 Å². The summed E-state index contributed by atoms with van der Waals surface area (Å²) in [6, 6.07) is 5.37. The van der Waals surface area contributed by atoms with Crippen LogP contribution in [0.4, 0.5) is 5.69 Å². The van der Waals surface area contributed by atoms with Gasteiger partial charge >= 0.3 is 29.6 Å². The molecule has 0 aliphatic carbocycles. The van der Waals surface area contributed by atoms with Crippen molar-refractivity contribution in [3.8, 4) is 0 Å². The molecule has 23 heavy (non-hydrogen) atoms. The number of rotatable bonds is 5. The van der Waals surface area contributed by atoms with E-state index >= 15 is 0 Å². The van der Waals surface area contributed by atoms with Crippen LogP contribution in [-0.4, -0.2) is 63.7 Å². The number of carboxylic acid groups (broad SMARTS) is 1. The van der Waals surface area contributed by atoms with E-state index in [1.807, 2.05) is 0 Å². The fraction of sp³-hybridized carbons (Fsp3) is 0.462. The van der Waals surface area contributed by atoms with E-state index < -0.39 is 43.3 Å². The van der Waals surface area contributed by atoms with Gasteiger partial charge in [0.25, 0.3) is 0 Å². The topological polar surface area (TPSA) is 152 Å². The number of aliphatic hydroxyl groups excluding tert-OH is 4. The van der Waals surface area contributed by atoms with Gasteiger partial charge in [-0.3, -0.25) is 5.48 Å². The van der Waals surface area contributed by atoms with Gasteiger partial charge in [0.05, 0.1) is 18.3 Å². The number of nitrogens with one attached hydrogen (secondary N) is 1. The number of hydrogen-bond donors (Lipinski definition) is 5. The van der Waals surface area contributed by atoms with Crippen LogP contribution < -0.4 is 40.1 Å². The summed E-state index contributed by atoms with van der Waals surface area (Å²) in [5, 5.41) is 48.6. The van der Waals surface area contributed by atoms with E-state index in [0.717, 1.165) is 0 Å². The van der Waals surface area contributed by atoms with Gasteiger partial charge in [0.15, 0.2) is 0 Å². The molecule has 1 saturated heterocycles. The van der Waals surface area contributed by atoms with Crippen LogP contribution in [0.5, 0.6) is 0 Å². The molecule has 5 N–H and O–H groups in total. The number of anilines is 1. The van der Waals surface area contributed by atoms with Crippen molar-refractivity contribution in [3.05, 3.63) is 29.8 Å². The molecule has 1 heterocycles. The van der Waals surface area contributed by atoms with Crippen molar-refractivity contribution < 1.29 is 69.5 Å². The molecule has 0 saturated carbocycles. The standard InChI is InChI=1S/C13H17NO8.Na/c15-5-8-9(16)10(17)11(18)13(21-8)22-14-7-3-1-6(2-4-7)12(19)20;/h1-4,8-11,13-18H,5H2,(H,19,20);/q;+1/p-1/t8-,9-,10+,11-,13?;/m1./s1. The fourth-order valence-corrected chi connectivity index (χ4v) is 1.97. The largest absolute Gasteiger partial charge is 1.00 e. The summed E-state index contributed by atoms with van der Waals surface area (Å²) in [5.74, 6) is -1.32. The van der Waals surface area contributed by atoms with Crippen LogP contribution in [0.15, 0.2) is 24.3 Å². The quantitative estimate of drug-likeness (QED) is 0.261. The molecule has 0 bridgehead atoms. The zero-order chi connectivity index (χ0) is 16.3. The summed E-state index contributed by atoms with van der Waals surface area (Å²) in [5.41, 5.74) is 2.77. The molecule has 1 aliphatic heterocycles. The second-order valence-corrected chi connectivity index (χ2v) is 4.78. The molecule has 0 spiro atoms. The van der Waals surface area contributed by atoms with E-state index in [9.17, 15) is 25.2 Å². The van der Waals surface area contributed by atoms with Crippen LogP contribution in [0, 0.1) is 0 Å². The van der Waals surface area contributed by atoms with E-state index in [1.165, 1.54) is 24.3 Å². The Morgan fingerprint density at radius 1 is 1.17 bits per heavy atom. The van der Waals surface area contributed by atoms with Crippen molar-refractivity contribution in [2.24, 2.45) is 0 Å². The number of hydrogen-bond acceptors (Lipinski definition) is 9. The van der Waals surface area contributed by atoms with Crippen molar-refractivity contribution in [1.29, 1.82) is 0 Å². The third-order valence-corrected chi connectivity index (χ3v) is 3.26. The number of carboxylic acids is 1. The predicted octanol–water partition coefficient (Wildman–Crippen LogP) is -5.80. The zero-order valence-corrected chi connectivity index (χ0v) is 14.3. The van der Waals surface area contributed by atoms with Crippen molar-refractivity contribution >= 4 is 11.7 Å². The van der Waals surface area contributed by atoms with Crippen molar-refractivity contribution in [2.75, 3.05) is 12.1 Å². The van der Waals surface area contributed by atoms with E-state index in [0.29, 0.717) is 5.69 Å². The Morgan fingerprint density at radius 2 is 1.78 bits per heavy atom. The predicted molar refractivity (Wildman–Crippen MR) is 69.2 cm³/mol. The second-order valence-electron chi connectivity index (χ2n) is 4.78. The first-order valence-electron chi connectivity index (χ1n) is 6.47. The van der Waals surface area contributed by atoms with Gasteiger partial charge in [0.1, 0.15) is 24.4 Å². The molecule has 1 unspecified atom stereocenters. The van der Waals surface area contributed by atoms with E-state index in [2.05, 4.69) is 5.48 Å². The summed E-state index contributed by atoms with van der Waals surface area (Å²) in [4.78, 5) is 15.7. The smallest absolute Gasteiger partial charge is 0.545 e. The first kappa shape index (κ1) is 20.3. The summed E-state index contributed by atoms with van der Waals surface area (Å²) in [6.07, 6.45) is -6.96. The zero-order valence-electron chi connectivity index (χ0n) is 12.3. The molecular formula is C13H16NNaO8. The molecular weight excluding hydrogens is 321 g/mol. The first-order chi connectivity index (χ1) is 10.4. The van der Waals surface area contributed by atoms with Crippen molar-refractivity contribution in [3.63, 3.8) is 0 Å².